The molecule has 0 saturated carbocycles. The molecule has 1 aromatic heterocycles. The monoisotopic (exact) mass is 290 g/mol. The fourth-order valence-corrected chi connectivity index (χ4v) is 2.57. The van der Waals surface area contributed by atoms with Crippen molar-refractivity contribution >= 4 is 17.6 Å². The first-order valence-electron chi connectivity index (χ1n) is 7.29. The largest absolute Gasteiger partial charge is 0.365 e. The smallest absolute Gasteiger partial charge is 0.252 e. The summed E-state index contributed by atoms with van der Waals surface area (Å²) < 4.78 is 0. The minimum Gasteiger partial charge on any atom is -0.365 e. The average Bonchev–Trinajstić information content (AvgIpc) is 2.47. The number of nitrogens with zero attached hydrogens (tertiary/aromatic N) is 2. The van der Waals surface area contributed by atoms with Gasteiger partial charge >= 0.3 is 0 Å². The van der Waals surface area contributed by atoms with Gasteiger partial charge in [-0.1, -0.05) is 13.8 Å². The van der Waals surface area contributed by atoms with Crippen LogP contribution in [0.15, 0.2) is 18.3 Å². The number of anilines is 1. The molecule has 1 atom stereocenters. The zero-order valence-corrected chi connectivity index (χ0v) is 12.5. The van der Waals surface area contributed by atoms with E-state index in [9.17, 15) is 9.59 Å². The number of carbonyl (C=O) groups is 2. The Morgan fingerprint density at radius 1 is 1.48 bits per heavy atom. The quantitative estimate of drug-likeness (QED) is 0.873. The van der Waals surface area contributed by atoms with Crippen molar-refractivity contribution in [3.63, 3.8) is 0 Å². The number of nitrogens with one attached hydrogen (secondary N) is 1. The summed E-state index contributed by atoms with van der Waals surface area (Å²) >= 11 is 0. The Labute approximate surface area is 124 Å². The lowest BCUT2D eigenvalue weighted by molar-refractivity contribution is -0.135. The van der Waals surface area contributed by atoms with Gasteiger partial charge in [0.25, 0.3) is 5.91 Å². The second kappa shape index (κ2) is 6.56. The number of rotatable bonds is 4. The number of hydrogen-bond acceptors (Lipinski definition) is 4. The summed E-state index contributed by atoms with van der Waals surface area (Å²) in [5, 5.41) is 3.25. The highest BCUT2D eigenvalue weighted by atomic mass is 16.2. The van der Waals surface area contributed by atoms with E-state index in [1.165, 1.54) is 0 Å². The number of nitrogens with two attached hydrogens (primary N) is 1. The highest BCUT2D eigenvalue weighted by Crippen LogP contribution is 2.18. The highest BCUT2D eigenvalue weighted by Gasteiger charge is 2.25. The van der Waals surface area contributed by atoms with Crippen molar-refractivity contribution in [3.8, 4) is 0 Å². The first-order valence-corrected chi connectivity index (χ1v) is 7.29. The molecular formula is C15H22N4O2. The van der Waals surface area contributed by atoms with Crippen molar-refractivity contribution in [3.05, 3.63) is 23.9 Å². The van der Waals surface area contributed by atoms with Gasteiger partial charge in [-0.2, -0.15) is 0 Å². The molecule has 2 rings (SSSR count). The van der Waals surface area contributed by atoms with Crippen LogP contribution in [0.2, 0.25) is 0 Å². The van der Waals surface area contributed by atoms with E-state index in [1.807, 2.05) is 18.7 Å². The van der Waals surface area contributed by atoms with E-state index >= 15 is 0 Å². The van der Waals surface area contributed by atoms with Gasteiger partial charge in [-0.15, -0.1) is 0 Å². The van der Waals surface area contributed by atoms with Gasteiger partial charge in [-0.3, -0.25) is 9.59 Å². The molecule has 3 N–H and O–H groups in total. The number of hydrogen-bond donors (Lipinski definition) is 2. The van der Waals surface area contributed by atoms with E-state index < -0.39 is 5.91 Å². The maximum absolute atomic E-state index is 12.1. The predicted molar refractivity (Wildman–Crippen MR) is 80.8 cm³/mol. The van der Waals surface area contributed by atoms with E-state index in [-0.39, 0.29) is 17.9 Å². The van der Waals surface area contributed by atoms with Crippen LogP contribution in [0.3, 0.4) is 0 Å². The number of carbonyl (C=O) groups excluding carboxylic acids is 2. The molecule has 0 aliphatic carbocycles. The third-order valence-electron chi connectivity index (χ3n) is 3.64. The van der Waals surface area contributed by atoms with Crippen molar-refractivity contribution in [2.75, 3.05) is 18.4 Å². The standard InChI is InChI=1S/C15H22N4O2/c1-10(2)15(21)19-8-4-5-11(9-19)18-14-12(13(16)20)6-3-7-17-14/h3,6-7,10-11H,4-5,8-9H2,1-2H3,(H2,16,20)(H,17,18). The molecule has 1 aliphatic rings. The SMILES string of the molecule is CC(C)C(=O)N1CCCC(Nc2ncccc2C(N)=O)C1. The fourth-order valence-electron chi connectivity index (χ4n) is 2.57. The molecule has 1 aromatic rings. The van der Waals surface area contributed by atoms with Crippen LogP contribution in [0, 0.1) is 5.92 Å². The van der Waals surface area contributed by atoms with Gasteiger partial charge in [0.05, 0.1) is 5.56 Å². The third kappa shape index (κ3) is 3.71. The van der Waals surface area contributed by atoms with Gasteiger partial charge in [-0.25, -0.2) is 4.98 Å². The van der Waals surface area contributed by atoms with Crippen molar-refractivity contribution in [2.45, 2.75) is 32.7 Å². The van der Waals surface area contributed by atoms with Crippen molar-refractivity contribution in [2.24, 2.45) is 11.7 Å². The van der Waals surface area contributed by atoms with Crippen molar-refractivity contribution < 1.29 is 9.59 Å². The fraction of sp³-hybridized carbons (Fsp3) is 0.533. The summed E-state index contributed by atoms with van der Waals surface area (Å²) in [7, 11) is 0. The van der Waals surface area contributed by atoms with Gasteiger partial charge in [-0.05, 0) is 25.0 Å². The normalized spacial score (nSPS) is 18.6. The maximum atomic E-state index is 12.1. The molecule has 114 valence electrons. The minimum atomic E-state index is -0.503. The first kappa shape index (κ1) is 15.3. The molecule has 1 aliphatic heterocycles. The number of pyridine rings is 1. The molecular weight excluding hydrogens is 268 g/mol. The molecule has 1 unspecified atom stereocenters. The van der Waals surface area contributed by atoms with Crippen LogP contribution in [-0.2, 0) is 4.79 Å². The zero-order chi connectivity index (χ0) is 15.4. The lowest BCUT2D eigenvalue weighted by Crippen LogP contribution is -2.46. The van der Waals surface area contributed by atoms with Crippen molar-refractivity contribution in [1.29, 1.82) is 0 Å². The summed E-state index contributed by atoms with van der Waals surface area (Å²) in [6.07, 6.45) is 3.50. The van der Waals surface area contributed by atoms with E-state index in [0.29, 0.717) is 17.9 Å². The average molecular weight is 290 g/mol. The Morgan fingerprint density at radius 2 is 2.24 bits per heavy atom. The molecule has 2 heterocycles. The Hall–Kier alpha value is -2.11. The van der Waals surface area contributed by atoms with Gasteiger partial charge in [0.1, 0.15) is 5.82 Å². The Bertz CT molecular complexity index is 530. The number of primary amides is 1. The number of piperidine rings is 1. The summed E-state index contributed by atoms with van der Waals surface area (Å²) in [5.74, 6) is 0.155. The molecule has 0 radical (unpaired) electrons. The van der Waals surface area contributed by atoms with Crippen LogP contribution in [0.5, 0.6) is 0 Å². The van der Waals surface area contributed by atoms with E-state index in [4.69, 9.17) is 5.73 Å². The predicted octanol–water partition coefficient (Wildman–Crippen LogP) is 1.24. The van der Waals surface area contributed by atoms with Gasteiger partial charge in [0, 0.05) is 31.2 Å². The van der Waals surface area contributed by atoms with Gasteiger partial charge in [0.15, 0.2) is 0 Å². The maximum Gasteiger partial charge on any atom is 0.252 e. The molecule has 6 nitrogen and oxygen atoms in total. The van der Waals surface area contributed by atoms with E-state index in [0.717, 1.165) is 19.4 Å². The van der Waals surface area contributed by atoms with Crippen LogP contribution in [0.1, 0.15) is 37.0 Å². The number of aromatic nitrogens is 1. The first-order chi connectivity index (χ1) is 9.99. The summed E-state index contributed by atoms with van der Waals surface area (Å²) in [4.78, 5) is 29.5. The van der Waals surface area contributed by atoms with Crippen LogP contribution < -0.4 is 11.1 Å². The number of amides is 2. The molecule has 0 bridgehead atoms. The molecule has 2 amide bonds. The van der Waals surface area contributed by atoms with Crippen LogP contribution in [0.25, 0.3) is 0 Å². The van der Waals surface area contributed by atoms with Crippen molar-refractivity contribution in [1.82, 2.24) is 9.88 Å². The van der Waals surface area contributed by atoms with Gasteiger partial charge < -0.3 is 16.0 Å². The molecule has 6 heteroatoms. The number of likely N-dealkylation sites (tertiary alicyclic amines) is 1. The Kier molecular flexibility index (Phi) is 4.77. The molecule has 21 heavy (non-hydrogen) atoms. The Morgan fingerprint density at radius 3 is 2.90 bits per heavy atom. The van der Waals surface area contributed by atoms with Crippen LogP contribution >= 0.6 is 0 Å². The second-order valence-corrected chi connectivity index (χ2v) is 5.69. The summed E-state index contributed by atoms with van der Waals surface area (Å²) in [6.45, 7) is 5.23. The van der Waals surface area contributed by atoms with E-state index in [1.54, 1.807) is 18.3 Å². The molecule has 1 saturated heterocycles. The molecule has 1 fully saturated rings. The minimum absolute atomic E-state index is 0.000203. The highest BCUT2D eigenvalue weighted by molar-refractivity contribution is 5.97. The zero-order valence-electron chi connectivity index (χ0n) is 12.5. The Balaban J connectivity index is 2.06. The molecule has 0 aromatic carbocycles. The lowest BCUT2D eigenvalue weighted by Gasteiger charge is -2.34. The van der Waals surface area contributed by atoms with E-state index in [2.05, 4.69) is 10.3 Å². The van der Waals surface area contributed by atoms with Gasteiger partial charge in [0.2, 0.25) is 5.91 Å². The van der Waals surface area contributed by atoms with Crippen LogP contribution in [-0.4, -0.2) is 40.8 Å². The summed E-state index contributed by atoms with van der Waals surface area (Å²) in [6, 6.07) is 3.42. The second-order valence-electron chi connectivity index (χ2n) is 5.69. The molecule has 0 spiro atoms. The lowest BCUT2D eigenvalue weighted by atomic mass is 10.0. The summed E-state index contributed by atoms with van der Waals surface area (Å²) in [5.41, 5.74) is 5.73. The third-order valence-corrected chi connectivity index (χ3v) is 3.64. The van der Waals surface area contributed by atoms with Crippen LogP contribution in [0.4, 0.5) is 5.82 Å². The topological polar surface area (TPSA) is 88.3 Å².